The van der Waals surface area contributed by atoms with Crippen molar-refractivity contribution >= 4 is 22.6 Å². The zero-order valence-electron chi connectivity index (χ0n) is 18.1. The minimum absolute atomic E-state index is 0.119. The van der Waals surface area contributed by atoms with Gasteiger partial charge in [0.05, 0.1) is 23.6 Å². The van der Waals surface area contributed by atoms with Crippen LogP contribution in [0.25, 0.3) is 16.7 Å². The Labute approximate surface area is 189 Å². The predicted octanol–water partition coefficient (Wildman–Crippen LogP) is 2.75. The summed E-state index contributed by atoms with van der Waals surface area (Å²) in [7, 11) is 0. The number of carbonyl (C=O) groups excluding carboxylic acids is 1. The van der Waals surface area contributed by atoms with Crippen LogP contribution in [0.15, 0.2) is 64.5 Å². The third-order valence-electron chi connectivity index (χ3n) is 5.83. The van der Waals surface area contributed by atoms with E-state index in [0.717, 1.165) is 18.4 Å². The van der Waals surface area contributed by atoms with Gasteiger partial charge in [-0.1, -0.05) is 23.8 Å². The number of aryl methyl sites for hydroxylation is 1. The molecule has 164 valence electrons. The van der Waals surface area contributed by atoms with Crippen LogP contribution in [0.4, 0.5) is 0 Å². The summed E-state index contributed by atoms with van der Waals surface area (Å²) in [5, 5.41) is 10.2. The Balaban J connectivity index is 1.82. The molecule has 0 bridgehead atoms. The number of ether oxygens (including phenoxy) is 1. The van der Waals surface area contributed by atoms with Gasteiger partial charge in [-0.15, -0.1) is 0 Å². The summed E-state index contributed by atoms with van der Waals surface area (Å²) in [6.45, 7) is 2.92. The van der Waals surface area contributed by atoms with Crippen molar-refractivity contribution < 1.29 is 9.53 Å². The Morgan fingerprint density at radius 3 is 2.82 bits per heavy atom. The Morgan fingerprint density at radius 1 is 1.27 bits per heavy atom. The highest BCUT2D eigenvalue weighted by atomic mass is 16.5. The molecule has 1 saturated heterocycles. The third kappa shape index (κ3) is 3.83. The maximum Gasteiger partial charge on any atom is 0.278 e. The number of aromatic nitrogens is 3. The monoisotopic (exact) mass is 439 g/mol. The SMILES string of the molecule is Cc1ccc(C(=O)N=c2c(C#N)cc3c(=O)n4ccccc4nc3n2CC2CCCO2)cc1. The van der Waals surface area contributed by atoms with E-state index in [1.807, 2.05) is 19.1 Å². The molecule has 8 heteroatoms. The van der Waals surface area contributed by atoms with E-state index in [1.165, 1.54) is 10.5 Å². The first-order valence-electron chi connectivity index (χ1n) is 10.8. The van der Waals surface area contributed by atoms with Gasteiger partial charge in [0.15, 0.2) is 5.49 Å². The molecule has 1 aromatic carbocycles. The molecular weight excluding hydrogens is 418 g/mol. The average Bonchev–Trinajstić information content (AvgIpc) is 3.34. The first-order valence-corrected chi connectivity index (χ1v) is 10.8. The van der Waals surface area contributed by atoms with Gasteiger partial charge >= 0.3 is 0 Å². The van der Waals surface area contributed by atoms with E-state index in [9.17, 15) is 14.9 Å². The molecule has 1 amide bonds. The van der Waals surface area contributed by atoms with Crippen molar-refractivity contribution in [3.05, 3.63) is 87.3 Å². The Kier molecular flexibility index (Phi) is 5.32. The quantitative estimate of drug-likeness (QED) is 0.457. The molecule has 8 nitrogen and oxygen atoms in total. The molecule has 1 unspecified atom stereocenters. The van der Waals surface area contributed by atoms with Gasteiger partial charge in [0, 0.05) is 18.4 Å². The van der Waals surface area contributed by atoms with Crippen molar-refractivity contribution in [1.82, 2.24) is 14.0 Å². The molecule has 0 aliphatic carbocycles. The minimum atomic E-state index is -0.468. The molecule has 4 heterocycles. The largest absolute Gasteiger partial charge is 0.376 e. The number of hydrogen-bond donors (Lipinski definition) is 0. The van der Waals surface area contributed by atoms with Gasteiger partial charge in [0.1, 0.15) is 17.4 Å². The molecule has 1 fully saturated rings. The van der Waals surface area contributed by atoms with Crippen molar-refractivity contribution in [2.24, 2.45) is 4.99 Å². The van der Waals surface area contributed by atoms with E-state index in [4.69, 9.17) is 9.72 Å². The van der Waals surface area contributed by atoms with Crippen LogP contribution in [0.1, 0.15) is 34.3 Å². The molecule has 33 heavy (non-hydrogen) atoms. The van der Waals surface area contributed by atoms with Crippen LogP contribution in [0.5, 0.6) is 0 Å². The first kappa shape index (κ1) is 20.8. The van der Waals surface area contributed by atoms with Gasteiger partial charge in [0.25, 0.3) is 11.5 Å². The van der Waals surface area contributed by atoms with E-state index >= 15 is 0 Å². The number of rotatable bonds is 3. The number of fused-ring (bicyclic) bond motifs is 2. The Morgan fingerprint density at radius 2 is 2.09 bits per heavy atom. The average molecular weight is 439 g/mol. The molecule has 1 aliphatic heterocycles. The Hall–Kier alpha value is -4.09. The Bertz CT molecular complexity index is 1550. The van der Waals surface area contributed by atoms with Gasteiger partial charge < -0.3 is 9.30 Å². The lowest BCUT2D eigenvalue weighted by Crippen LogP contribution is -2.32. The maximum absolute atomic E-state index is 13.2. The second-order valence-corrected chi connectivity index (χ2v) is 8.11. The molecule has 1 atom stereocenters. The van der Waals surface area contributed by atoms with Crippen molar-refractivity contribution in [2.75, 3.05) is 6.61 Å². The summed E-state index contributed by atoms with van der Waals surface area (Å²) in [6, 6.07) is 16.0. The van der Waals surface area contributed by atoms with E-state index in [2.05, 4.69) is 11.1 Å². The predicted molar refractivity (Wildman–Crippen MR) is 122 cm³/mol. The minimum Gasteiger partial charge on any atom is -0.376 e. The molecule has 5 rings (SSSR count). The van der Waals surface area contributed by atoms with E-state index in [-0.39, 0.29) is 28.1 Å². The molecule has 0 radical (unpaired) electrons. The highest BCUT2D eigenvalue weighted by Gasteiger charge is 2.21. The third-order valence-corrected chi connectivity index (χ3v) is 5.83. The van der Waals surface area contributed by atoms with Crippen LogP contribution in [0.2, 0.25) is 0 Å². The lowest BCUT2D eigenvalue weighted by molar-refractivity contribution is 0.0952. The number of carbonyl (C=O) groups is 1. The molecule has 0 saturated carbocycles. The fraction of sp³-hybridized carbons (Fsp3) is 0.240. The van der Waals surface area contributed by atoms with Gasteiger partial charge in [-0.05, 0) is 50.1 Å². The van der Waals surface area contributed by atoms with E-state index < -0.39 is 5.91 Å². The van der Waals surface area contributed by atoms with Gasteiger partial charge in [0.2, 0.25) is 0 Å². The number of hydrogen-bond acceptors (Lipinski definition) is 5. The second-order valence-electron chi connectivity index (χ2n) is 8.11. The van der Waals surface area contributed by atoms with Crippen LogP contribution in [0.3, 0.4) is 0 Å². The van der Waals surface area contributed by atoms with E-state index in [1.54, 1.807) is 41.1 Å². The first-order chi connectivity index (χ1) is 16.0. The lowest BCUT2D eigenvalue weighted by atomic mass is 10.1. The second kappa shape index (κ2) is 8.45. The summed E-state index contributed by atoms with van der Waals surface area (Å²) < 4.78 is 8.94. The summed E-state index contributed by atoms with van der Waals surface area (Å²) in [5.41, 5.74) is 2.31. The summed E-state index contributed by atoms with van der Waals surface area (Å²) in [5.74, 6) is -0.468. The normalized spacial score (nSPS) is 16.4. The summed E-state index contributed by atoms with van der Waals surface area (Å²) in [6.07, 6.45) is 3.28. The standard InChI is InChI=1S/C25H21N5O3/c1-16-7-9-17(10-8-16)24(31)28-22-18(14-26)13-20-23(30(22)15-19-5-4-12-33-19)27-21-6-2-3-11-29(21)25(20)32/h2-3,6-11,13,19H,4-5,12,15H2,1H3. The fourth-order valence-electron chi connectivity index (χ4n) is 4.10. The smallest absolute Gasteiger partial charge is 0.278 e. The van der Waals surface area contributed by atoms with Crippen LogP contribution >= 0.6 is 0 Å². The number of pyridine rings is 2. The summed E-state index contributed by atoms with van der Waals surface area (Å²) in [4.78, 5) is 35.2. The van der Waals surface area contributed by atoms with Crippen molar-refractivity contribution in [3.8, 4) is 6.07 Å². The molecule has 4 aromatic rings. The highest BCUT2D eigenvalue weighted by molar-refractivity contribution is 5.95. The van der Waals surface area contributed by atoms with Crippen molar-refractivity contribution in [2.45, 2.75) is 32.4 Å². The topological polar surface area (TPSA) is 102 Å². The zero-order chi connectivity index (χ0) is 22.9. The molecular formula is C25H21N5O3. The number of benzene rings is 1. The van der Waals surface area contributed by atoms with Crippen LogP contribution in [-0.2, 0) is 11.3 Å². The number of nitrogens with zero attached hydrogens (tertiary/aromatic N) is 5. The van der Waals surface area contributed by atoms with Crippen LogP contribution in [-0.4, -0.2) is 32.6 Å². The van der Waals surface area contributed by atoms with Gasteiger partial charge in [-0.3, -0.25) is 14.0 Å². The van der Waals surface area contributed by atoms with Crippen molar-refractivity contribution in [3.63, 3.8) is 0 Å². The van der Waals surface area contributed by atoms with Crippen LogP contribution < -0.4 is 11.0 Å². The van der Waals surface area contributed by atoms with Gasteiger partial charge in [-0.25, -0.2) is 4.98 Å². The van der Waals surface area contributed by atoms with Crippen molar-refractivity contribution in [1.29, 1.82) is 5.26 Å². The number of amides is 1. The highest BCUT2D eigenvalue weighted by Crippen LogP contribution is 2.17. The molecule has 1 aliphatic rings. The fourth-order valence-corrected chi connectivity index (χ4v) is 4.10. The molecule has 0 N–H and O–H groups in total. The summed E-state index contributed by atoms with van der Waals surface area (Å²) >= 11 is 0. The zero-order valence-corrected chi connectivity index (χ0v) is 18.1. The lowest BCUT2D eigenvalue weighted by Gasteiger charge is -2.16. The van der Waals surface area contributed by atoms with E-state index in [0.29, 0.717) is 30.0 Å². The maximum atomic E-state index is 13.2. The van der Waals surface area contributed by atoms with Crippen LogP contribution in [0, 0.1) is 18.3 Å². The van der Waals surface area contributed by atoms with Gasteiger partial charge in [-0.2, -0.15) is 10.3 Å². The molecule has 0 spiro atoms. The molecule has 3 aromatic heterocycles. The number of nitriles is 1.